The van der Waals surface area contributed by atoms with Crippen LogP contribution in [0.25, 0.3) is 0 Å². The molecule has 0 aromatic rings. The minimum Gasteiger partial charge on any atom is -0.462 e. The number of unbranched alkanes of at least 4 members (excludes halogenated alkanes) is 24. The third kappa shape index (κ3) is 49.7. The van der Waals surface area contributed by atoms with Crippen molar-refractivity contribution in [2.75, 3.05) is 13.2 Å². The third-order valence-corrected chi connectivity index (χ3v) is 11.2. The molecule has 0 unspecified atom stereocenters. The third-order valence-electron chi connectivity index (χ3n) is 11.2. The van der Waals surface area contributed by atoms with Gasteiger partial charge in [0.25, 0.3) is 0 Å². The summed E-state index contributed by atoms with van der Waals surface area (Å²) in [6, 6.07) is 0. The monoisotopic (exact) mass is 879 g/mol. The highest BCUT2D eigenvalue weighted by Crippen LogP contribution is 2.14. The molecule has 0 saturated carbocycles. The average molecular weight is 879 g/mol. The summed E-state index contributed by atoms with van der Waals surface area (Å²) in [6.45, 7) is 6.47. The first-order chi connectivity index (χ1) is 31.0. The van der Waals surface area contributed by atoms with Crippen LogP contribution in [-0.2, 0) is 28.6 Å². The first-order valence-electron chi connectivity index (χ1n) is 26.4. The van der Waals surface area contributed by atoms with E-state index in [1.54, 1.807) is 0 Å². The van der Waals surface area contributed by atoms with Crippen LogP contribution in [0, 0.1) is 0 Å². The molecule has 0 rings (SSSR count). The Labute approximate surface area is 389 Å². The maximum atomic E-state index is 12.8. The second kappa shape index (κ2) is 51.5. The predicted molar refractivity (Wildman–Crippen MR) is 270 cm³/mol. The van der Waals surface area contributed by atoms with Crippen molar-refractivity contribution in [3.05, 3.63) is 72.9 Å². The molecule has 362 valence electrons. The Morgan fingerprint density at radius 1 is 0.333 bits per heavy atom. The van der Waals surface area contributed by atoms with Crippen LogP contribution in [-0.4, -0.2) is 37.2 Å². The highest BCUT2D eigenvalue weighted by atomic mass is 16.6. The number of hydrogen-bond donors (Lipinski definition) is 0. The van der Waals surface area contributed by atoms with Crippen LogP contribution in [0.3, 0.4) is 0 Å². The van der Waals surface area contributed by atoms with E-state index in [2.05, 4.69) is 93.7 Å². The molecule has 0 aromatic carbocycles. The average Bonchev–Trinajstić information content (AvgIpc) is 3.28. The van der Waals surface area contributed by atoms with Crippen LogP contribution in [0.1, 0.15) is 252 Å². The van der Waals surface area contributed by atoms with Gasteiger partial charge in [-0.1, -0.05) is 216 Å². The van der Waals surface area contributed by atoms with Crippen LogP contribution in [0.5, 0.6) is 0 Å². The molecule has 0 fully saturated rings. The number of esters is 3. The maximum Gasteiger partial charge on any atom is 0.306 e. The summed E-state index contributed by atoms with van der Waals surface area (Å²) in [5.41, 5.74) is 0. The summed E-state index contributed by atoms with van der Waals surface area (Å²) in [5, 5.41) is 0. The maximum absolute atomic E-state index is 12.8. The molecular formula is C57H98O6. The summed E-state index contributed by atoms with van der Waals surface area (Å²) >= 11 is 0. The van der Waals surface area contributed by atoms with Gasteiger partial charge in [0, 0.05) is 19.3 Å². The van der Waals surface area contributed by atoms with E-state index in [-0.39, 0.29) is 31.1 Å². The summed E-state index contributed by atoms with van der Waals surface area (Å²) in [5.74, 6) is -0.924. The van der Waals surface area contributed by atoms with E-state index in [1.807, 2.05) is 0 Å². The van der Waals surface area contributed by atoms with E-state index in [0.29, 0.717) is 19.3 Å². The normalized spacial score (nSPS) is 12.6. The molecule has 0 saturated heterocycles. The number of allylic oxidation sites excluding steroid dienone is 12. The quantitative estimate of drug-likeness (QED) is 0.0262. The Kier molecular flexibility index (Phi) is 48.9. The Bertz CT molecular complexity index is 1190. The zero-order valence-electron chi connectivity index (χ0n) is 41.3. The zero-order chi connectivity index (χ0) is 45.8. The lowest BCUT2D eigenvalue weighted by Crippen LogP contribution is -2.30. The van der Waals surface area contributed by atoms with Crippen molar-refractivity contribution in [3.63, 3.8) is 0 Å². The van der Waals surface area contributed by atoms with Crippen molar-refractivity contribution in [1.82, 2.24) is 0 Å². The second-order valence-corrected chi connectivity index (χ2v) is 17.4. The summed E-state index contributed by atoms with van der Waals surface area (Å²) in [4.78, 5) is 37.9. The molecular weight excluding hydrogens is 781 g/mol. The van der Waals surface area contributed by atoms with Gasteiger partial charge in [0.2, 0.25) is 0 Å². The largest absolute Gasteiger partial charge is 0.462 e. The minimum atomic E-state index is -0.788. The molecule has 6 heteroatoms. The van der Waals surface area contributed by atoms with E-state index in [1.165, 1.54) is 116 Å². The molecule has 63 heavy (non-hydrogen) atoms. The van der Waals surface area contributed by atoms with Crippen LogP contribution in [0.15, 0.2) is 72.9 Å². The zero-order valence-corrected chi connectivity index (χ0v) is 41.3. The Morgan fingerprint density at radius 3 is 1.00 bits per heavy atom. The van der Waals surface area contributed by atoms with E-state index < -0.39 is 6.10 Å². The molecule has 0 aliphatic heterocycles. The van der Waals surface area contributed by atoms with Crippen LogP contribution < -0.4 is 0 Å². The van der Waals surface area contributed by atoms with Crippen molar-refractivity contribution in [3.8, 4) is 0 Å². The number of carbonyl (C=O) groups is 3. The van der Waals surface area contributed by atoms with Crippen LogP contribution >= 0.6 is 0 Å². The van der Waals surface area contributed by atoms with Crippen molar-refractivity contribution >= 4 is 17.9 Å². The fourth-order valence-corrected chi connectivity index (χ4v) is 7.23. The van der Waals surface area contributed by atoms with Gasteiger partial charge >= 0.3 is 17.9 Å². The lowest BCUT2D eigenvalue weighted by molar-refractivity contribution is -0.167. The lowest BCUT2D eigenvalue weighted by Gasteiger charge is -2.18. The van der Waals surface area contributed by atoms with Crippen LogP contribution in [0.4, 0.5) is 0 Å². The Balaban J connectivity index is 4.38. The van der Waals surface area contributed by atoms with Gasteiger partial charge in [0.15, 0.2) is 6.10 Å². The van der Waals surface area contributed by atoms with Gasteiger partial charge in [-0.25, -0.2) is 0 Å². The van der Waals surface area contributed by atoms with Gasteiger partial charge in [0.1, 0.15) is 13.2 Å². The van der Waals surface area contributed by atoms with Gasteiger partial charge in [-0.15, -0.1) is 0 Å². The standard InChI is InChI=1S/C57H98O6/c1-4-7-10-13-16-19-21-23-25-27-28-30-31-33-35-38-41-44-47-50-56(59)62-53-54(52-61-55(58)49-46-43-40-37-18-15-12-9-6-3)63-57(60)51-48-45-42-39-36-34-32-29-26-24-22-20-17-14-11-8-5-2/h7,10,16,19,23-26,28,30,33,35,54H,4-6,8-9,11-15,17-18,20-22,27,29,31-32,34,36-53H2,1-3H3/b10-7-,19-16-,25-23-,26-24-,30-28-,35-33-/t54-/m1/s1. The fraction of sp³-hybridized carbons (Fsp3) is 0.737. The molecule has 0 heterocycles. The van der Waals surface area contributed by atoms with E-state index in [0.717, 1.165) is 96.3 Å². The molecule has 6 nitrogen and oxygen atoms in total. The Morgan fingerprint density at radius 2 is 0.619 bits per heavy atom. The number of ether oxygens (including phenoxy) is 3. The summed E-state index contributed by atoms with van der Waals surface area (Å²) in [6.07, 6.45) is 64.6. The van der Waals surface area contributed by atoms with Crippen molar-refractivity contribution in [2.24, 2.45) is 0 Å². The molecule has 0 amide bonds. The number of hydrogen-bond acceptors (Lipinski definition) is 6. The van der Waals surface area contributed by atoms with E-state index in [9.17, 15) is 14.4 Å². The van der Waals surface area contributed by atoms with Gasteiger partial charge in [-0.2, -0.15) is 0 Å². The van der Waals surface area contributed by atoms with Crippen molar-refractivity contribution < 1.29 is 28.6 Å². The molecule has 0 aliphatic carbocycles. The highest BCUT2D eigenvalue weighted by Gasteiger charge is 2.19. The second-order valence-electron chi connectivity index (χ2n) is 17.4. The van der Waals surface area contributed by atoms with Crippen molar-refractivity contribution in [2.45, 2.75) is 258 Å². The lowest BCUT2D eigenvalue weighted by atomic mass is 10.1. The first-order valence-corrected chi connectivity index (χ1v) is 26.4. The summed E-state index contributed by atoms with van der Waals surface area (Å²) < 4.78 is 16.8. The molecule has 0 N–H and O–H groups in total. The topological polar surface area (TPSA) is 78.9 Å². The minimum absolute atomic E-state index is 0.0865. The Hall–Kier alpha value is -3.15. The first kappa shape index (κ1) is 59.9. The number of rotatable bonds is 47. The number of carbonyl (C=O) groups excluding carboxylic acids is 3. The molecule has 1 atom stereocenters. The molecule has 0 radical (unpaired) electrons. The van der Waals surface area contributed by atoms with E-state index in [4.69, 9.17) is 14.2 Å². The van der Waals surface area contributed by atoms with Gasteiger partial charge < -0.3 is 14.2 Å². The summed E-state index contributed by atoms with van der Waals surface area (Å²) in [7, 11) is 0. The van der Waals surface area contributed by atoms with E-state index >= 15 is 0 Å². The van der Waals surface area contributed by atoms with Crippen molar-refractivity contribution in [1.29, 1.82) is 0 Å². The fourth-order valence-electron chi connectivity index (χ4n) is 7.23. The molecule has 0 aliphatic rings. The van der Waals surface area contributed by atoms with Gasteiger partial charge in [-0.05, 0) is 89.9 Å². The van der Waals surface area contributed by atoms with Gasteiger partial charge in [-0.3, -0.25) is 14.4 Å². The molecule has 0 aromatic heterocycles. The SMILES string of the molecule is CC/C=C\C/C=C\C/C=C\C/C=C\C/C=C\CCCCCC(=O)OC[C@@H](COC(=O)CCCCCCCCCCC)OC(=O)CCCCCCCCC/C=C\CCCCCCCC. The molecule has 0 bridgehead atoms. The predicted octanol–water partition coefficient (Wildman–Crippen LogP) is 17.4. The van der Waals surface area contributed by atoms with Crippen LogP contribution in [0.2, 0.25) is 0 Å². The van der Waals surface area contributed by atoms with Gasteiger partial charge in [0.05, 0.1) is 0 Å². The smallest absolute Gasteiger partial charge is 0.306 e. The molecule has 0 spiro atoms. The highest BCUT2D eigenvalue weighted by molar-refractivity contribution is 5.71.